The van der Waals surface area contributed by atoms with Crippen LogP contribution < -0.4 is 10.0 Å². The highest BCUT2D eigenvalue weighted by atomic mass is 32.1. The third-order valence-corrected chi connectivity index (χ3v) is 8.07. The number of hydrogen-bond acceptors (Lipinski definition) is 6. The minimum atomic E-state index is -4.64. The zero-order valence-electron chi connectivity index (χ0n) is 33.1. The number of rotatable bonds is 7. The largest absolute Gasteiger partial charge is 0.483 e. The maximum Gasteiger partial charge on any atom is 0.416 e. The lowest BCUT2D eigenvalue weighted by molar-refractivity contribution is -0.137. The quantitative estimate of drug-likeness (QED) is 0.0646. The second kappa shape index (κ2) is 26.6. The predicted octanol–water partition coefficient (Wildman–Crippen LogP) is 10.4. The van der Waals surface area contributed by atoms with Gasteiger partial charge in [0.1, 0.15) is 11.6 Å². The van der Waals surface area contributed by atoms with Crippen molar-refractivity contribution in [3.8, 4) is 11.1 Å². The number of imidazole rings is 1. The van der Waals surface area contributed by atoms with Crippen molar-refractivity contribution in [2.24, 2.45) is 13.0 Å². The van der Waals surface area contributed by atoms with Gasteiger partial charge in [0.15, 0.2) is 0 Å². The average Bonchev–Trinajstić information content (AvgIpc) is 3.48. The number of benzene rings is 3. The van der Waals surface area contributed by atoms with E-state index in [9.17, 15) is 22.4 Å². The number of likely N-dealkylation sites (N-methyl/N-ethyl adjacent to an activating group) is 1. The van der Waals surface area contributed by atoms with Crippen LogP contribution in [0.3, 0.4) is 0 Å². The minimum Gasteiger partial charge on any atom is -0.483 e. The van der Waals surface area contributed by atoms with Crippen molar-refractivity contribution in [1.82, 2.24) is 19.2 Å². The summed E-state index contributed by atoms with van der Waals surface area (Å²) in [6.45, 7) is 13.9. The summed E-state index contributed by atoms with van der Waals surface area (Å²) < 4.78 is 57.4. The fourth-order valence-electron chi connectivity index (χ4n) is 5.68. The topological polar surface area (TPSA) is 99.5 Å². The molecule has 54 heavy (non-hydrogen) atoms. The Hall–Kier alpha value is -4.20. The van der Waals surface area contributed by atoms with Crippen LogP contribution in [-0.4, -0.2) is 59.6 Å². The molecule has 0 aliphatic heterocycles. The minimum absolute atomic E-state index is 0.170. The highest BCUT2D eigenvalue weighted by Crippen LogP contribution is 2.38. The lowest BCUT2D eigenvalue weighted by atomic mass is 9.77. The molecular formula is C41H59F4N5O3S. The second-order valence-corrected chi connectivity index (χ2v) is 12.4. The van der Waals surface area contributed by atoms with Crippen molar-refractivity contribution < 1.29 is 32.3 Å². The van der Waals surface area contributed by atoms with Crippen molar-refractivity contribution in [3.05, 3.63) is 96.1 Å². The van der Waals surface area contributed by atoms with Crippen molar-refractivity contribution in [1.29, 1.82) is 0 Å². The van der Waals surface area contributed by atoms with Crippen LogP contribution in [0.15, 0.2) is 73.3 Å². The molecule has 0 saturated heterocycles. The third-order valence-electron chi connectivity index (χ3n) is 8.07. The van der Waals surface area contributed by atoms with Gasteiger partial charge < -0.3 is 19.9 Å². The molecule has 3 aromatic carbocycles. The number of aryl methyl sites for hydroxylation is 1. The van der Waals surface area contributed by atoms with E-state index in [-0.39, 0.29) is 29.9 Å². The molecule has 5 rings (SSSR count). The first kappa shape index (κ1) is 49.8. The van der Waals surface area contributed by atoms with Crippen LogP contribution in [0, 0.1) is 11.7 Å². The summed E-state index contributed by atoms with van der Waals surface area (Å²) in [5.41, 5.74) is 4.05. The molecule has 0 bridgehead atoms. The van der Waals surface area contributed by atoms with Crippen LogP contribution >= 0.6 is 12.8 Å². The lowest BCUT2D eigenvalue weighted by Gasteiger charge is -2.29. The first-order valence-electron chi connectivity index (χ1n) is 18.1. The van der Waals surface area contributed by atoms with E-state index in [0.717, 1.165) is 71.5 Å². The van der Waals surface area contributed by atoms with Gasteiger partial charge in [0.2, 0.25) is 5.91 Å². The number of allylic oxidation sites excluding steroid dienone is 1. The van der Waals surface area contributed by atoms with Crippen molar-refractivity contribution in [2.75, 3.05) is 33.0 Å². The predicted molar refractivity (Wildman–Crippen MR) is 218 cm³/mol. The van der Waals surface area contributed by atoms with Crippen molar-refractivity contribution >= 4 is 41.9 Å². The van der Waals surface area contributed by atoms with Crippen LogP contribution in [0.1, 0.15) is 83.2 Å². The number of nitrogens with zero attached hydrogens (tertiary/aromatic N) is 3. The monoisotopic (exact) mass is 777 g/mol. The van der Waals surface area contributed by atoms with E-state index in [1.54, 1.807) is 13.1 Å². The van der Waals surface area contributed by atoms with E-state index < -0.39 is 17.6 Å². The number of carboxylic acid groups (broad SMARTS) is 1. The summed E-state index contributed by atoms with van der Waals surface area (Å²) in [6, 6.07) is 16.9. The number of nitrogens with one attached hydrogen (secondary N) is 2. The Kier molecular flexibility index (Phi) is 24.5. The van der Waals surface area contributed by atoms with Gasteiger partial charge in [-0.2, -0.15) is 13.2 Å². The van der Waals surface area contributed by atoms with E-state index in [1.807, 2.05) is 41.7 Å². The molecule has 1 saturated carbocycles. The molecule has 0 spiro atoms. The molecule has 300 valence electrons. The van der Waals surface area contributed by atoms with Crippen LogP contribution in [0.5, 0.6) is 0 Å². The number of anilines is 1. The van der Waals surface area contributed by atoms with Crippen LogP contribution in [0.2, 0.25) is 0 Å². The first-order valence-corrected chi connectivity index (χ1v) is 18.5. The van der Waals surface area contributed by atoms with E-state index in [4.69, 9.17) is 14.9 Å². The molecule has 3 N–H and O–H groups in total. The Morgan fingerprint density at radius 3 is 2.11 bits per heavy atom. The highest BCUT2D eigenvalue weighted by molar-refractivity contribution is 7.78. The van der Waals surface area contributed by atoms with Gasteiger partial charge in [0, 0.05) is 25.9 Å². The SMILES string of the molecule is C=CC.CC.CC.CN(C)CCc1nc2cc(-c3ccc(C4CCCC(C(=O)Nc5ccc(C(F)(F)F)cc5F)C4)cc3)ccc2n1C.CNS.O=CO. The van der Waals surface area contributed by atoms with Crippen molar-refractivity contribution in [2.45, 2.75) is 78.8 Å². The number of amides is 1. The molecule has 1 aliphatic carbocycles. The van der Waals surface area contributed by atoms with Gasteiger partial charge in [-0.3, -0.25) is 14.3 Å². The second-order valence-electron chi connectivity index (χ2n) is 11.9. The fraction of sp³-hybridized carbons (Fsp3) is 0.439. The number of aromatic nitrogens is 2. The molecule has 1 aliphatic rings. The smallest absolute Gasteiger partial charge is 0.416 e. The zero-order chi connectivity index (χ0) is 41.4. The molecule has 4 aromatic rings. The maximum atomic E-state index is 14.3. The van der Waals surface area contributed by atoms with E-state index >= 15 is 0 Å². The van der Waals surface area contributed by atoms with Gasteiger partial charge in [-0.25, -0.2) is 9.37 Å². The van der Waals surface area contributed by atoms with Gasteiger partial charge in [-0.1, -0.05) is 83.3 Å². The fourth-order valence-corrected chi connectivity index (χ4v) is 5.68. The molecule has 2 unspecified atom stereocenters. The van der Waals surface area contributed by atoms with Gasteiger partial charge in [-0.15, -0.1) is 6.58 Å². The van der Waals surface area contributed by atoms with Gasteiger partial charge in [0.05, 0.1) is 22.3 Å². The molecule has 1 aromatic heterocycles. The number of carbonyl (C=O) groups is 2. The lowest BCUT2D eigenvalue weighted by Crippen LogP contribution is -2.28. The standard InChI is InChI=1S/C32H34F4N4O.C3H6.2C2H6.CH5NS.CH2O2/c1-39(2)16-15-30-37-28-18-23(11-14-29(28)40(30)3)21-9-7-20(8-10-21)22-5-4-6-24(17-22)31(41)38-27-13-12-25(19-26(27)33)32(34,35)36;1-3-2;2*1-2;1-2-3;2-1-3/h7-14,18-19,22,24H,4-6,15-17H2,1-3H3,(H,38,41);3H,1H2,2H3;2*1-2H3;2-3H,1H3;1H,(H,2,3). The summed E-state index contributed by atoms with van der Waals surface area (Å²) in [5.74, 6) is -0.576. The number of hydrogen-bond donors (Lipinski definition) is 4. The molecule has 13 heteroatoms. The summed E-state index contributed by atoms with van der Waals surface area (Å²) in [4.78, 5) is 28.3. The maximum absolute atomic E-state index is 14.3. The number of alkyl halides is 3. The molecular weight excluding hydrogens is 719 g/mol. The van der Waals surface area contributed by atoms with Crippen LogP contribution in [-0.2, 0) is 29.2 Å². The number of carbonyl (C=O) groups excluding carboxylic acids is 1. The molecule has 8 nitrogen and oxygen atoms in total. The Morgan fingerprint density at radius 1 is 1.04 bits per heavy atom. The van der Waals surface area contributed by atoms with E-state index in [2.05, 4.69) is 95.5 Å². The Labute approximate surface area is 324 Å². The van der Waals surface area contributed by atoms with Gasteiger partial charge in [-0.05, 0) is 100 Å². The number of fused-ring (bicyclic) bond motifs is 1. The van der Waals surface area contributed by atoms with E-state index in [1.165, 1.54) is 0 Å². The molecule has 1 fully saturated rings. The number of thiol groups is 1. The molecule has 1 amide bonds. The van der Waals surface area contributed by atoms with E-state index in [0.29, 0.717) is 18.9 Å². The van der Waals surface area contributed by atoms with Crippen LogP contribution in [0.4, 0.5) is 23.2 Å². The normalized spacial score (nSPS) is 14.5. The summed E-state index contributed by atoms with van der Waals surface area (Å²) in [6.07, 6.45) is 1.02. The van der Waals surface area contributed by atoms with Crippen LogP contribution in [0.25, 0.3) is 22.2 Å². The highest BCUT2D eigenvalue weighted by Gasteiger charge is 2.32. The zero-order valence-corrected chi connectivity index (χ0v) is 34.0. The van der Waals surface area contributed by atoms with Gasteiger partial charge >= 0.3 is 6.18 Å². The van der Waals surface area contributed by atoms with Crippen molar-refractivity contribution in [3.63, 3.8) is 0 Å². The molecule has 1 heterocycles. The first-order chi connectivity index (χ1) is 25.7. The summed E-state index contributed by atoms with van der Waals surface area (Å²) in [7, 11) is 7.89. The Bertz CT molecular complexity index is 1670. The third kappa shape index (κ3) is 16.0. The Balaban J connectivity index is 0.00000192. The molecule has 2 atom stereocenters. The summed E-state index contributed by atoms with van der Waals surface area (Å²) in [5, 5.41) is 9.39. The number of halogens is 4. The Morgan fingerprint density at radius 2 is 1.59 bits per heavy atom. The average molecular weight is 778 g/mol. The summed E-state index contributed by atoms with van der Waals surface area (Å²) >= 11 is 3.54. The van der Waals surface area contributed by atoms with Gasteiger partial charge in [0.25, 0.3) is 6.47 Å². The molecule has 0 radical (unpaired) electrons.